The predicted octanol–water partition coefficient (Wildman–Crippen LogP) is 2.04. The van der Waals surface area contributed by atoms with Crippen molar-refractivity contribution >= 4 is 11.8 Å². The maximum absolute atomic E-state index is 13.0. The summed E-state index contributed by atoms with van der Waals surface area (Å²) in [7, 11) is 0. The molecule has 2 atom stereocenters. The number of amides is 2. The molecule has 2 fully saturated rings. The Hall–Kier alpha value is -2.24. The van der Waals surface area contributed by atoms with Gasteiger partial charge in [0, 0.05) is 31.9 Å². The van der Waals surface area contributed by atoms with Crippen molar-refractivity contribution in [3.05, 3.63) is 36.9 Å². The van der Waals surface area contributed by atoms with E-state index in [4.69, 9.17) is 0 Å². The van der Waals surface area contributed by atoms with Crippen LogP contribution in [0.25, 0.3) is 0 Å². The van der Waals surface area contributed by atoms with Gasteiger partial charge in [0.1, 0.15) is 5.69 Å². The van der Waals surface area contributed by atoms with E-state index >= 15 is 0 Å². The molecule has 0 aromatic carbocycles. The minimum atomic E-state index is -0.268. The number of likely N-dealkylation sites (tertiary alicyclic amines) is 2. The van der Waals surface area contributed by atoms with E-state index in [1.807, 2.05) is 9.80 Å². The van der Waals surface area contributed by atoms with E-state index in [-0.39, 0.29) is 23.4 Å². The number of carbonyl (C=O) groups excluding carboxylic acids is 2. The van der Waals surface area contributed by atoms with Crippen molar-refractivity contribution in [3.8, 4) is 0 Å². The minimum absolute atomic E-state index is 0.00663. The third-order valence-electron chi connectivity index (χ3n) is 5.36. The number of hydrogen-bond acceptors (Lipinski definition) is 4. The fraction of sp³-hybridized carbons (Fsp3) is 0.556. The Balaban J connectivity index is 1.94. The highest BCUT2D eigenvalue weighted by Crippen LogP contribution is 2.43. The zero-order valence-electron chi connectivity index (χ0n) is 14.1. The molecule has 24 heavy (non-hydrogen) atoms. The van der Waals surface area contributed by atoms with E-state index in [9.17, 15) is 9.59 Å². The number of hydrogen-bond donors (Lipinski definition) is 0. The van der Waals surface area contributed by atoms with Crippen LogP contribution >= 0.6 is 0 Å². The lowest BCUT2D eigenvalue weighted by Gasteiger charge is -2.52. The molecule has 128 valence electrons. The highest BCUT2D eigenvalue weighted by molar-refractivity contribution is 5.92. The van der Waals surface area contributed by atoms with E-state index in [0.717, 1.165) is 25.7 Å². The van der Waals surface area contributed by atoms with Gasteiger partial charge in [-0.2, -0.15) is 0 Å². The van der Waals surface area contributed by atoms with Gasteiger partial charge in [0.2, 0.25) is 5.91 Å². The van der Waals surface area contributed by atoms with Crippen LogP contribution in [-0.4, -0.2) is 56.3 Å². The van der Waals surface area contributed by atoms with Crippen molar-refractivity contribution in [2.45, 2.75) is 50.6 Å². The zero-order valence-corrected chi connectivity index (χ0v) is 14.1. The fourth-order valence-electron chi connectivity index (χ4n) is 4.43. The molecule has 1 aromatic rings. The van der Waals surface area contributed by atoms with E-state index in [2.05, 4.69) is 23.5 Å². The number of piperidine rings is 1. The summed E-state index contributed by atoms with van der Waals surface area (Å²) >= 11 is 0. The maximum Gasteiger partial charge on any atom is 0.274 e. The summed E-state index contributed by atoms with van der Waals surface area (Å²) in [4.78, 5) is 37.4. The molecular weight excluding hydrogens is 304 g/mol. The molecule has 1 spiro atoms. The molecular formula is C18H24N4O2. The zero-order chi connectivity index (χ0) is 17.2. The van der Waals surface area contributed by atoms with E-state index in [1.165, 1.54) is 12.4 Å². The molecule has 0 saturated carbocycles. The molecule has 3 heterocycles. The molecule has 0 unspecified atom stereocenters. The second-order valence-corrected chi connectivity index (χ2v) is 6.51. The van der Waals surface area contributed by atoms with Crippen molar-refractivity contribution in [1.82, 2.24) is 19.8 Å². The second kappa shape index (κ2) is 6.71. The van der Waals surface area contributed by atoms with Gasteiger partial charge in [-0.25, -0.2) is 4.98 Å². The first-order chi connectivity index (χ1) is 11.6. The summed E-state index contributed by atoms with van der Waals surface area (Å²) in [6.07, 6.45) is 10.4. The average molecular weight is 328 g/mol. The lowest BCUT2D eigenvalue weighted by atomic mass is 9.77. The van der Waals surface area contributed by atoms with Gasteiger partial charge >= 0.3 is 0 Å². The first-order valence-corrected chi connectivity index (χ1v) is 8.62. The average Bonchev–Trinajstić information content (AvgIpc) is 2.92. The Morgan fingerprint density at radius 3 is 2.96 bits per heavy atom. The SMILES string of the molecule is C=CCN1C(=O)CC[C@]12CCCN(C(=O)c1cnccn1)[C@H]2CC. The van der Waals surface area contributed by atoms with E-state index in [1.54, 1.807) is 12.3 Å². The van der Waals surface area contributed by atoms with Crippen molar-refractivity contribution in [1.29, 1.82) is 0 Å². The largest absolute Gasteiger partial charge is 0.332 e. The van der Waals surface area contributed by atoms with Gasteiger partial charge in [-0.15, -0.1) is 6.58 Å². The van der Waals surface area contributed by atoms with Crippen LogP contribution in [0.2, 0.25) is 0 Å². The minimum Gasteiger partial charge on any atom is -0.332 e. The molecule has 2 aliphatic rings. The van der Waals surface area contributed by atoms with Crippen LogP contribution in [0.1, 0.15) is 49.5 Å². The van der Waals surface area contributed by atoms with Crippen LogP contribution in [0.4, 0.5) is 0 Å². The summed E-state index contributed by atoms with van der Waals surface area (Å²) < 4.78 is 0. The lowest BCUT2D eigenvalue weighted by Crippen LogP contribution is -2.64. The molecule has 2 aliphatic heterocycles. The number of aromatic nitrogens is 2. The van der Waals surface area contributed by atoms with Gasteiger partial charge in [-0.1, -0.05) is 13.0 Å². The monoisotopic (exact) mass is 328 g/mol. The van der Waals surface area contributed by atoms with Crippen molar-refractivity contribution in [2.24, 2.45) is 0 Å². The molecule has 0 radical (unpaired) electrons. The maximum atomic E-state index is 13.0. The summed E-state index contributed by atoms with van der Waals surface area (Å²) in [5.74, 6) is 0.0779. The third kappa shape index (κ3) is 2.60. The van der Waals surface area contributed by atoms with Crippen molar-refractivity contribution in [2.75, 3.05) is 13.1 Å². The molecule has 6 heteroatoms. The summed E-state index contributed by atoms with van der Waals surface area (Å²) in [6.45, 7) is 7.13. The highest BCUT2D eigenvalue weighted by Gasteiger charge is 2.53. The van der Waals surface area contributed by atoms with Gasteiger partial charge < -0.3 is 9.80 Å². The van der Waals surface area contributed by atoms with E-state index in [0.29, 0.717) is 25.2 Å². The quantitative estimate of drug-likeness (QED) is 0.793. The molecule has 1 aromatic heterocycles. The first-order valence-electron chi connectivity index (χ1n) is 8.62. The Morgan fingerprint density at radius 2 is 2.29 bits per heavy atom. The van der Waals surface area contributed by atoms with Crippen LogP contribution in [0.3, 0.4) is 0 Å². The van der Waals surface area contributed by atoms with Crippen LogP contribution in [-0.2, 0) is 4.79 Å². The van der Waals surface area contributed by atoms with Crippen molar-refractivity contribution < 1.29 is 9.59 Å². The smallest absolute Gasteiger partial charge is 0.274 e. The number of carbonyl (C=O) groups is 2. The van der Waals surface area contributed by atoms with Gasteiger partial charge in [-0.3, -0.25) is 14.6 Å². The standard InChI is InChI=1S/C18H24N4O2/c1-3-11-22-16(23)6-8-18(22)7-5-12-21(15(18)4-2)17(24)14-13-19-9-10-20-14/h3,9-10,13,15H,1,4-8,11-12H2,2H3/t15-,18-/m0/s1. The Bertz CT molecular complexity index is 633. The highest BCUT2D eigenvalue weighted by atomic mass is 16.2. The van der Waals surface area contributed by atoms with Crippen LogP contribution < -0.4 is 0 Å². The summed E-state index contributed by atoms with van der Waals surface area (Å²) in [5, 5.41) is 0. The number of rotatable bonds is 4. The molecule has 3 rings (SSSR count). The second-order valence-electron chi connectivity index (χ2n) is 6.51. The molecule has 2 saturated heterocycles. The summed E-state index contributed by atoms with van der Waals surface area (Å²) in [6, 6.07) is 0.00663. The molecule has 0 bridgehead atoms. The Morgan fingerprint density at radius 1 is 1.46 bits per heavy atom. The van der Waals surface area contributed by atoms with Gasteiger partial charge in [-0.05, 0) is 25.7 Å². The van der Waals surface area contributed by atoms with Crippen LogP contribution in [0.15, 0.2) is 31.2 Å². The third-order valence-corrected chi connectivity index (χ3v) is 5.36. The molecule has 2 amide bonds. The molecule has 6 nitrogen and oxygen atoms in total. The van der Waals surface area contributed by atoms with Crippen LogP contribution in [0, 0.1) is 0 Å². The van der Waals surface area contributed by atoms with Crippen molar-refractivity contribution in [3.63, 3.8) is 0 Å². The van der Waals surface area contributed by atoms with Crippen LogP contribution in [0.5, 0.6) is 0 Å². The summed E-state index contributed by atoms with van der Waals surface area (Å²) in [5.41, 5.74) is 0.100. The van der Waals surface area contributed by atoms with Gasteiger partial charge in [0.25, 0.3) is 5.91 Å². The normalized spacial score (nSPS) is 26.9. The molecule has 0 aliphatic carbocycles. The lowest BCUT2D eigenvalue weighted by molar-refractivity contribution is -0.133. The van der Waals surface area contributed by atoms with Gasteiger partial charge in [0.15, 0.2) is 0 Å². The van der Waals surface area contributed by atoms with Gasteiger partial charge in [0.05, 0.1) is 17.8 Å². The molecule has 0 N–H and O–H groups in total. The van der Waals surface area contributed by atoms with E-state index < -0.39 is 0 Å². The Kier molecular flexibility index (Phi) is 4.64. The number of nitrogens with zero attached hydrogens (tertiary/aromatic N) is 4. The Labute approximate surface area is 142 Å². The first kappa shape index (κ1) is 16.6. The predicted molar refractivity (Wildman–Crippen MR) is 90.3 cm³/mol. The fourth-order valence-corrected chi connectivity index (χ4v) is 4.43. The topological polar surface area (TPSA) is 66.4 Å².